The first-order chi connectivity index (χ1) is 13.7. The molecule has 1 aromatic carbocycles. The molecular formula is C22H35IN6. The molecule has 0 aliphatic carbocycles. The Bertz CT molecular complexity index is 751. The molecule has 2 heterocycles. The van der Waals surface area contributed by atoms with Crippen LogP contribution >= 0.6 is 24.0 Å². The molecule has 2 N–H and O–H groups in total. The van der Waals surface area contributed by atoms with Crippen LogP contribution in [0.25, 0.3) is 0 Å². The van der Waals surface area contributed by atoms with Crippen molar-refractivity contribution >= 4 is 29.9 Å². The Balaban J connectivity index is 0.00000300. The van der Waals surface area contributed by atoms with E-state index in [2.05, 4.69) is 56.3 Å². The Labute approximate surface area is 192 Å². The van der Waals surface area contributed by atoms with Crippen LogP contribution in [0.2, 0.25) is 0 Å². The molecule has 3 rings (SSSR count). The number of rotatable bonds is 8. The largest absolute Gasteiger partial charge is 0.357 e. The zero-order valence-corrected chi connectivity index (χ0v) is 20.1. The second kappa shape index (κ2) is 12.8. The summed E-state index contributed by atoms with van der Waals surface area (Å²) < 4.78 is 2.16. The standard InChI is InChI=1S/C22H34N6.HI/c1-3-23-22(25-10-14-27-12-5-4-6-13-27)26-17-20-8-7-9-21(16-20)18-28-15-11-24-19(28)2;/h7-9,11,15-16H,3-6,10,12-14,17-18H2,1-2H3,(H2,23,25,26);1H. The van der Waals surface area contributed by atoms with Crippen molar-refractivity contribution < 1.29 is 0 Å². The average Bonchev–Trinajstić information content (AvgIpc) is 3.12. The molecule has 1 aliphatic rings. The van der Waals surface area contributed by atoms with Gasteiger partial charge in [-0.25, -0.2) is 9.98 Å². The number of piperidine rings is 1. The van der Waals surface area contributed by atoms with E-state index in [9.17, 15) is 0 Å². The number of hydrogen-bond donors (Lipinski definition) is 2. The number of hydrogen-bond acceptors (Lipinski definition) is 3. The third-order valence-electron chi connectivity index (χ3n) is 5.20. The van der Waals surface area contributed by atoms with Crippen LogP contribution in [-0.2, 0) is 13.1 Å². The van der Waals surface area contributed by atoms with Gasteiger partial charge >= 0.3 is 0 Å². The van der Waals surface area contributed by atoms with Crippen molar-refractivity contribution in [1.29, 1.82) is 0 Å². The maximum Gasteiger partial charge on any atom is 0.191 e. The fourth-order valence-electron chi connectivity index (χ4n) is 3.62. The van der Waals surface area contributed by atoms with Gasteiger partial charge in [0.25, 0.3) is 0 Å². The number of halogens is 1. The first-order valence-corrected chi connectivity index (χ1v) is 10.5. The zero-order chi connectivity index (χ0) is 19.6. The lowest BCUT2D eigenvalue weighted by molar-refractivity contribution is 0.232. The minimum absolute atomic E-state index is 0. The number of benzene rings is 1. The van der Waals surface area contributed by atoms with Gasteiger partial charge in [-0.2, -0.15) is 0 Å². The van der Waals surface area contributed by atoms with Gasteiger partial charge in [-0.1, -0.05) is 30.7 Å². The highest BCUT2D eigenvalue weighted by molar-refractivity contribution is 14.0. The van der Waals surface area contributed by atoms with E-state index in [-0.39, 0.29) is 24.0 Å². The molecule has 0 radical (unpaired) electrons. The van der Waals surface area contributed by atoms with Crippen molar-refractivity contribution in [3.8, 4) is 0 Å². The van der Waals surface area contributed by atoms with Crippen LogP contribution in [0.5, 0.6) is 0 Å². The van der Waals surface area contributed by atoms with Gasteiger partial charge in [0.05, 0.1) is 6.54 Å². The minimum Gasteiger partial charge on any atom is -0.357 e. The van der Waals surface area contributed by atoms with Gasteiger partial charge in [-0.15, -0.1) is 24.0 Å². The normalized spacial score (nSPS) is 15.0. The highest BCUT2D eigenvalue weighted by atomic mass is 127. The highest BCUT2D eigenvalue weighted by Crippen LogP contribution is 2.10. The third-order valence-corrected chi connectivity index (χ3v) is 5.20. The van der Waals surface area contributed by atoms with Crippen molar-refractivity contribution in [2.45, 2.75) is 46.2 Å². The maximum absolute atomic E-state index is 4.78. The van der Waals surface area contributed by atoms with Gasteiger partial charge in [-0.3, -0.25) is 0 Å². The van der Waals surface area contributed by atoms with E-state index in [4.69, 9.17) is 4.99 Å². The molecule has 0 saturated carbocycles. The molecule has 0 bridgehead atoms. The first-order valence-electron chi connectivity index (χ1n) is 10.5. The third kappa shape index (κ3) is 7.97. The smallest absolute Gasteiger partial charge is 0.191 e. The van der Waals surface area contributed by atoms with Crippen LogP contribution in [0, 0.1) is 6.92 Å². The minimum atomic E-state index is 0. The topological polar surface area (TPSA) is 57.5 Å². The van der Waals surface area contributed by atoms with Crippen molar-refractivity contribution in [1.82, 2.24) is 25.1 Å². The number of likely N-dealkylation sites (tertiary alicyclic amines) is 1. The summed E-state index contributed by atoms with van der Waals surface area (Å²) in [5.41, 5.74) is 2.50. The number of aromatic nitrogens is 2. The number of nitrogens with one attached hydrogen (secondary N) is 2. The molecule has 0 spiro atoms. The predicted octanol–water partition coefficient (Wildman–Crippen LogP) is 3.40. The van der Waals surface area contributed by atoms with E-state index in [0.717, 1.165) is 38.0 Å². The number of aliphatic imine (C=N–C) groups is 1. The Morgan fingerprint density at radius 1 is 1.14 bits per heavy atom. The molecular weight excluding hydrogens is 475 g/mol. The summed E-state index contributed by atoms with van der Waals surface area (Å²) >= 11 is 0. The van der Waals surface area contributed by atoms with Crippen molar-refractivity contribution in [3.05, 3.63) is 53.6 Å². The molecule has 0 unspecified atom stereocenters. The highest BCUT2D eigenvalue weighted by Gasteiger charge is 2.09. The summed E-state index contributed by atoms with van der Waals surface area (Å²) in [4.78, 5) is 11.6. The lowest BCUT2D eigenvalue weighted by atomic mass is 10.1. The molecule has 160 valence electrons. The molecule has 29 heavy (non-hydrogen) atoms. The van der Waals surface area contributed by atoms with E-state index in [1.807, 2.05) is 19.3 Å². The molecule has 0 atom stereocenters. The van der Waals surface area contributed by atoms with E-state index in [1.165, 1.54) is 43.5 Å². The Hall–Kier alpha value is -1.61. The summed E-state index contributed by atoms with van der Waals surface area (Å²) in [6, 6.07) is 8.66. The quantitative estimate of drug-likeness (QED) is 0.325. The van der Waals surface area contributed by atoms with Gasteiger partial charge in [0.1, 0.15) is 5.82 Å². The molecule has 1 aromatic heterocycles. The Morgan fingerprint density at radius 2 is 1.93 bits per heavy atom. The maximum atomic E-state index is 4.78. The second-order valence-corrected chi connectivity index (χ2v) is 7.45. The van der Waals surface area contributed by atoms with Crippen LogP contribution in [0.15, 0.2) is 41.7 Å². The molecule has 6 nitrogen and oxygen atoms in total. The lowest BCUT2D eigenvalue weighted by Crippen LogP contribution is -2.42. The SMILES string of the molecule is CCNC(=NCc1cccc(Cn2ccnc2C)c1)NCCN1CCCCC1.I. The van der Waals surface area contributed by atoms with Crippen LogP contribution < -0.4 is 10.6 Å². The first kappa shape index (κ1) is 23.7. The number of aryl methyl sites for hydroxylation is 1. The van der Waals surface area contributed by atoms with Gasteiger partial charge in [0.2, 0.25) is 0 Å². The second-order valence-electron chi connectivity index (χ2n) is 7.45. The zero-order valence-electron chi connectivity index (χ0n) is 17.7. The summed E-state index contributed by atoms with van der Waals surface area (Å²) in [5.74, 6) is 1.94. The van der Waals surface area contributed by atoms with Gasteiger partial charge < -0.3 is 20.1 Å². The summed E-state index contributed by atoms with van der Waals surface area (Å²) in [6.45, 7) is 11.0. The summed E-state index contributed by atoms with van der Waals surface area (Å²) in [5, 5.41) is 6.84. The Kier molecular flexibility index (Phi) is 10.5. The van der Waals surface area contributed by atoms with Crippen molar-refractivity contribution in [2.75, 3.05) is 32.7 Å². The molecule has 1 fully saturated rings. The summed E-state index contributed by atoms with van der Waals surface area (Å²) in [7, 11) is 0. The monoisotopic (exact) mass is 510 g/mol. The van der Waals surface area contributed by atoms with E-state index >= 15 is 0 Å². The molecule has 1 saturated heterocycles. The van der Waals surface area contributed by atoms with Gasteiger partial charge in [-0.05, 0) is 50.9 Å². The van der Waals surface area contributed by atoms with Gasteiger partial charge in [0, 0.05) is 38.6 Å². The lowest BCUT2D eigenvalue weighted by Gasteiger charge is -2.26. The fourth-order valence-corrected chi connectivity index (χ4v) is 3.62. The molecule has 7 heteroatoms. The van der Waals surface area contributed by atoms with Crippen LogP contribution in [-0.4, -0.2) is 53.1 Å². The summed E-state index contributed by atoms with van der Waals surface area (Å²) in [6.07, 6.45) is 7.93. The van der Waals surface area contributed by atoms with Gasteiger partial charge in [0.15, 0.2) is 5.96 Å². The average molecular weight is 510 g/mol. The molecule has 1 aliphatic heterocycles. The molecule has 2 aromatic rings. The predicted molar refractivity (Wildman–Crippen MR) is 131 cm³/mol. The van der Waals surface area contributed by atoms with E-state index < -0.39 is 0 Å². The van der Waals surface area contributed by atoms with Crippen molar-refractivity contribution in [2.24, 2.45) is 4.99 Å². The van der Waals surface area contributed by atoms with Crippen LogP contribution in [0.1, 0.15) is 43.1 Å². The Morgan fingerprint density at radius 3 is 2.66 bits per heavy atom. The number of guanidine groups is 1. The van der Waals surface area contributed by atoms with Crippen LogP contribution in [0.4, 0.5) is 0 Å². The fraction of sp³-hybridized carbons (Fsp3) is 0.545. The van der Waals surface area contributed by atoms with Crippen molar-refractivity contribution in [3.63, 3.8) is 0 Å². The molecule has 0 amide bonds. The van der Waals surface area contributed by atoms with Crippen LogP contribution in [0.3, 0.4) is 0 Å². The van der Waals surface area contributed by atoms with E-state index in [0.29, 0.717) is 6.54 Å². The van der Waals surface area contributed by atoms with E-state index in [1.54, 1.807) is 0 Å². The number of imidazole rings is 1. The number of nitrogens with zero attached hydrogens (tertiary/aromatic N) is 4.